The van der Waals surface area contributed by atoms with Crippen LogP contribution in [-0.2, 0) is 28.6 Å². The highest BCUT2D eigenvalue weighted by molar-refractivity contribution is 5.71. The summed E-state index contributed by atoms with van der Waals surface area (Å²) in [5.41, 5.74) is 0. The van der Waals surface area contributed by atoms with Gasteiger partial charge in [-0.15, -0.1) is 0 Å². The van der Waals surface area contributed by atoms with Crippen molar-refractivity contribution >= 4 is 17.9 Å². The smallest absolute Gasteiger partial charge is 0.306 e. The Morgan fingerprint density at radius 1 is 0.308 bits per heavy atom. The monoisotopic (exact) mass is 909 g/mol. The van der Waals surface area contributed by atoms with E-state index in [9.17, 15) is 14.4 Å². The number of hydrogen-bond acceptors (Lipinski definition) is 6. The highest BCUT2D eigenvalue weighted by Crippen LogP contribution is 2.15. The molecule has 0 saturated carbocycles. The van der Waals surface area contributed by atoms with Gasteiger partial charge < -0.3 is 14.2 Å². The Bertz CT molecular complexity index is 1180. The van der Waals surface area contributed by atoms with E-state index in [2.05, 4.69) is 81.5 Å². The Kier molecular flexibility index (Phi) is 51.3. The van der Waals surface area contributed by atoms with Gasteiger partial charge in [0.2, 0.25) is 0 Å². The Labute approximate surface area is 402 Å². The molecule has 0 radical (unpaired) electrons. The van der Waals surface area contributed by atoms with E-state index in [1.807, 2.05) is 0 Å². The van der Waals surface area contributed by atoms with E-state index in [1.54, 1.807) is 0 Å². The molecule has 0 unspecified atom stereocenters. The number of hydrogen-bond donors (Lipinski definition) is 0. The van der Waals surface area contributed by atoms with Crippen LogP contribution in [0.4, 0.5) is 0 Å². The lowest BCUT2D eigenvalue weighted by Crippen LogP contribution is -2.30. The van der Waals surface area contributed by atoms with Crippen molar-refractivity contribution in [2.24, 2.45) is 0 Å². The summed E-state index contributed by atoms with van der Waals surface area (Å²) in [4.78, 5) is 38.1. The molecule has 0 heterocycles. The molecule has 6 nitrogen and oxygen atoms in total. The number of rotatable bonds is 50. The minimum absolute atomic E-state index is 0.0838. The zero-order valence-electron chi connectivity index (χ0n) is 43.0. The van der Waals surface area contributed by atoms with Crippen LogP contribution in [0.5, 0.6) is 0 Å². The number of ether oxygens (including phenoxy) is 3. The molecule has 0 aliphatic carbocycles. The molecule has 0 amide bonds. The van der Waals surface area contributed by atoms with E-state index in [-0.39, 0.29) is 31.1 Å². The van der Waals surface area contributed by atoms with Crippen LogP contribution in [0.2, 0.25) is 0 Å². The van der Waals surface area contributed by atoms with Gasteiger partial charge in [0.05, 0.1) is 0 Å². The van der Waals surface area contributed by atoms with Crippen molar-refractivity contribution in [2.75, 3.05) is 13.2 Å². The van der Waals surface area contributed by atoms with Gasteiger partial charge in [-0.1, -0.05) is 229 Å². The largest absolute Gasteiger partial charge is 0.462 e. The minimum atomic E-state index is -0.787. The van der Waals surface area contributed by atoms with Crippen LogP contribution < -0.4 is 0 Å². The summed E-state index contributed by atoms with van der Waals surface area (Å²) < 4.78 is 16.8. The van der Waals surface area contributed by atoms with Crippen molar-refractivity contribution in [1.82, 2.24) is 0 Å². The molecule has 6 heteroatoms. The van der Waals surface area contributed by atoms with E-state index in [1.165, 1.54) is 141 Å². The highest BCUT2D eigenvalue weighted by atomic mass is 16.6. The van der Waals surface area contributed by atoms with Crippen molar-refractivity contribution in [1.29, 1.82) is 0 Å². The van der Waals surface area contributed by atoms with Gasteiger partial charge in [0.15, 0.2) is 6.10 Å². The predicted octanol–water partition coefficient (Wildman–Crippen LogP) is 18.4. The van der Waals surface area contributed by atoms with Crippen LogP contribution in [0.1, 0.15) is 278 Å². The minimum Gasteiger partial charge on any atom is -0.462 e. The fourth-order valence-electron chi connectivity index (χ4n) is 7.77. The first-order chi connectivity index (χ1) is 32.0. The van der Waals surface area contributed by atoms with E-state index in [0.29, 0.717) is 19.3 Å². The van der Waals surface area contributed by atoms with Gasteiger partial charge in [-0.2, -0.15) is 0 Å². The molecule has 0 spiro atoms. The zero-order chi connectivity index (χ0) is 47.2. The molecule has 0 saturated heterocycles. The second kappa shape index (κ2) is 53.7. The average Bonchev–Trinajstić information content (AvgIpc) is 3.30. The van der Waals surface area contributed by atoms with Crippen LogP contribution >= 0.6 is 0 Å². The second-order valence-electron chi connectivity index (χ2n) is 18.5. The molecule has 0 aromatic heterocycles. The van der Waals surface area contributed by atoms with E-state index in [0.717, 1.165) is 96.3 Å². The number of carbonyl (C=O) groups is 3. The summed E-state index contributed by atoms with van der Waals surface area (Å²) in [7, 11) is 0. The molecule has 0 bridgehead atoms. The van der Waals surface area contributed by atoms with Crippen LogP contribution in [0.15, 0.2) is 60.8 Å². The molecular formula is C59H104O6. The van der Waals surface area contributed by atoms with Crippen molar-refractivity contribution in [3.05, 3.63) is 60.8 Å². The summed E-state index contributed by atoms with van der Waals surface area (Å²) in [6.45, 7) is 6.58. The maximum Gasteiger partial charge on any atom is 0.306 e. The molecule has 0 aromatic carbocycles. The van der Waals surface area contributed by atoms with E-state index in [4.69, 9.17) is 14.2 Å². The molecule has 376 valence electrons. The standard InChI is InChI=1S/C59H104O6/c1-4-7-10-13-16-19-22-25-27-29-31-34-37-40-43-46-49-52-58(61)64-55-56(54-63-57(60)51-48-45-42-39-36-33-24-21-18-15-12-9-6-3)65-59(62)53-50-47-44-41-38-35-32-30-28-26-23-20-17-14-11-8-5-2/h16-17,19-20,25-28,32,35,56H,4-15,18,21-24,29-31,33-34,36-55H2,1-3H3/b19-16-,20-17-,27-25-,28-26-,35-32-/t56-/m0/s1. The normalized spacial score (nSPS) is 12.5. The predicted molar refractivity (Wildman–Crippen MR) is 279 cm³/mol. The second-order valence-corrected chi connectivity index (χ2v) is 18.5. The fourth-order valence-corrected chi connectivity index (χ4v) is 7.77. The van der Waals surface area contributed by atoms with Crippen LogP contribution in [0, 0.1) is 0 Å². The fraction of sp³-hybridized carbons (Fsp3) is 0.780. The average molecular weight is 909 g/mol. The van der Waals surface area contributed by atoms with Gasteiger partial charge >= 0.3 is 17.9 Å². The quantitative estimate of drug-likeness (QED) is 0.0262. The number of unbranched alkanes of at least 4 members (excludes halogenated alkanes) is 29. The molecular weight excluding hydrogens is 805 g/mol. The number of esters is 3. The summed E-state index contributed by atoms with van der Waals surface area (Å²) in [5, 5.41) is 0. The van der Waals surface area contributed by atoms with Gasteiger partial charge in [0, 0.05) is 19.3 Å². The molecule has 65 heavy (non-hydrogen) atoms. The molecule has 0 aliphatic rings. The van der Waals surface area contributed by atoms with Crippen LogP contribution in [0.25, 0.3) is 0 Å². The topological polar surface area (TPSA) is 78.9 Å². The zero-order valence-corrected chi connectivity index (χ0v) is 43.0. The van der Waals surface area contributed by atoms with Crippen molar-refractivity contribution in [3.63, 3.8) is 0 Å². The maximum absolute atomic E-state index is 12.8. The Morgan fingerprint density at radius 2 is 0.554 bits per heavy atom. The molecule has 0 aliphatic heterocycles. The van der Waals surface area contributed by atoms with Gasteiger partial charge in [-0.05, 0) is 89.9 Å². The maximum atomic E-state index is 12.8. The Morgan fingerprint density at radius 3 is 0.892 bits per heavy atom. The van der Waals surface area contributed by atoms with Crippen LogP contribution in [0.3, 0.4) is 0 Å². The van der Waals surface area contributed by atoms with Crippen molar-refractivity contribution in [2.45, 2.75) is 284 Å². The SMILES string of the molecule is CCCCC/C=C\C/C=C\C/C=C\CCCCCCC(=O)O[C@H](COC(=O)CCCCCCCCC/C=C\C/C=C\CCCCC)COC(=O)CCCCCCCCCCCCCCC. The van der Waals surface area contributed by atoms with Gasteiger partial charge in [-0.25, -0.2) is 0 Å². The Balaban J connectivity index is 4.42. The van der Waals surface area contributed by atoms with E-state index >= 15 is 0 Å². The highest BCUT2D eigenvalue weighted by Gasteiger charge is 2.19. The lowest BCUT2D eigenvalue weighted by molar-refractivity contribution is -0.167. The third-order valence-corrected chi connectivity index (χ3v) is 12.0. The lowest BCUT2D eigenvalue weighted by atomic mass is 10.0. The molecule has 0 N–H and O–H groups in total. The lowest BCUT2D eigenvalue weighted by Gasteiger charge is -2.18. The first-order valence-corrected chi connectivity index (χ1v) is 27.8. The molecule has 0 rings (SSSR count). The van der Waals surface area contributed by atoms with Crippen LogP contribution in [-0.4, -0.2) is 37.2 Å². The summed E-state index contributed by atoms with van der Waals surface area (Å²) in [6, 6.07) is 0. The Hall–Kier alpha value is -2.89. The van der Waals surface area contributed by atoms with Gasteiger partial charge in [-0.3, -0.25) is 14.4 Å². The number of carbonyl (C=O) groups excluding carboxylic acids is 3. The van der Waals surface area contributed by atoms with Crippen molar-refractivity contribution < 1.29 is 28.6 Å². The first-order valence-electron chi connectivity index (χ1n) is 27.8. The third kappa shape index (κ3) is 51.9. The summed E-state index contributed by atoms with van der Waals surface area (Å²) >= 11 is 0. The molecule has 0 fully saturated rings. The summed E-state index contributed by atoms with van der Waals surface area (Å²) in [5.74, 6) is -0.905. The first kappa shape index (κ1) is 62.1. The molecule has 0 aromatic rings. The molecule has 1 atom stereocenters. The summed E-state index contributed by atoms with van der Waals surface area (Å²) in [6.07, 6.45) is 66.3. The van der Waals surface area contributed by atoms with Crippen molar-refractivity contribution in [3.8, 4) is 0 Å². The van der Waals surface area contributed by atoms with Gasteiger partial charge in [0.1, 0.15) is 13.2 Å². The van der Waals surface area contributed by atoms with E-state index < -0.39 is 6.10 Å². The number of allylic oxidation sites excluding steroid dienone is 10. The third-order valence-electron chi connectivity index (χ3n) is 12.0. The van der Waals surface area contributed by atoms with Gasteiger partial charge in [0.25, 0.3) is 0 Å².